The van der Waals surface area contributed by atoms with E-state index in [-0.39, 0.29) is 25.3 Å². The molecule has 3 aromatic rings. The largest absolute Gasteiger partial charge is 0.508 e. The molecule has 1 aliphatic heterocycles. The minimum Gasteiger partial charge on any atom is -0.508 e. The molecule has 9 atom stereocenters. The van der Waals surface area contributed by atoms with Crippen molar-refractivity contribution >= 4 is 76.0 Å². The van der Waals surface area contributed by atoms with Crippen molar-refractivity contribution in [3.63, 3.8) is 0 Å². The van der Waals surface area contributed by atoms with E-state index in [1.807, 2.05) is 0 Å². The summed E-state index contributed by atoms with van der Waals surface area (Å²) in [4.78, 5) is 114. The highest BCUT2D eigenvalue weighted by molar-refractivity contribution is 7.09. The molecule has 64 heavy (non-hydrogen) atoms. The lowest BCUT2D eigenvalue weighted by molar-refractivity contribution is -0.142. The summed E-state index contributed by atoms with van der Waals surface area (Å²) >= 11 is 1.16. The van der Waals surface area contributed by atoms with Crippen LogP contribution in [0.2, 0.25) is 0 Å². The van der Waals surface area contributed by atoms with Gasteiger partial charge in [0.1, 0.15) is 41.0 Å². The molecular formula is C42H58N10O11S. The Kier molecular flexibility index (Phi) is 18.9. The van der Waals surface area contributed by atoms with Crippen LogP contribution in [-0.2, 0) is 49.5 Å². The zero-order chi connectivity index (χ0) is 47.1. The van der Waals surface area contributed by atoms with E-state index in [1.165, 1.54) is 32.3 Å². The number of aromatic hydroxyl groups is 1. The lowest BCUT2D eigenvalue weighted by atomic mass is 9.94. The van der Waals surface area contributed by atoms with E-state index in [0.717, 1.165) is 11.3 Å². The number of phenols is 1. The van der Waals surface area contributed by atoms with Crippen LogP contribution in [0.5, 0.6) is 5.75 Å². The monoisotopic (exact) mass is 910 g/mol. The maximum atomic E-state index is 14.2. The normalized spacial score (nSPS) is 22.4. The molecule has 0 aliphatic carbocycles. The van der Waals surface area contributed by atoms with Crippen molar-refractivity contribution in [3.8, 4) is 5.75 Å². The second-order valence-corrected chi connectivity index (χ2v) is 16.5. The Morgan fingerprint density at radius 2 is 1.77 bits per heavy atom. The van der Waals surface area contributed by atoms with Crippen LogP contribution >= 0.6 is 11.3 Å². The zero-order valence-electron chi connectivity index (χ0n) is 36.5. The van der Waals surface area contributed by atoms with Crippen molar-refractivity contribution in [3.05, 3.63) is 52.1 Å². The van der Waals surface area contributed by atoms with Crippen LogP contribution in [0.15, 0.2) is 35.9 Å². The molecule has 0 saturated carbocycles. The van der Waals surface area contributed by atoms with Crippen molar-refractivity contribution in [2.75, 3.05) is 26.8 Å². The number of nitrogens with one attached hydrogen (secondary N) is 9. The van der Waals surface area contributed by atoms with Gasteiger partial charge in [-0.1, -0.05) is 40.5 Å². The molecule has 0 spiro atoms. The SMILES string of the molecule is CCC(C)C(NC(=O)C(O)CNC=O)C(=O)NC1CNC(Cc2c[nH]c3ccc(O)cc23)NC(=O)C=Cc2csc(n2)C(COC)NC(=O)C(=O)C(C(C)CC)NC(=O)C(C)NC1=O. The van der Waals surface area contributed by atoms with Crippen LogP contribution in [0.1, 0.15) is 69.8 Å². The third kappa shape index (κ3) is 13.9. The predicted molar refractivity (Wildman–Crippen MR) is 235 cm³/mol. The van der Waals surface area contributed by atoms with E-state index in [0.29, 0.717) is 46.4 Å². The number of methoxy groups -OCH3 is 1. The smallest absolute Gasteiger partial charge is 0.290 e. The number of aromatic nitrogens is 2. The third-order valence-corrected chi connectivity index (χ3v) is 11.8. The van der Waals surface area contributed by atoms with Gasteiger partial charge in [0.25, 0.3) is 11.8 Å². The number of thiazole rings is 1. The number of ether oxygens (including phenoxy) is 1. The number of phenolic OH excluding ortho intramolecular Hbond substituents is 1. The molecule has 0 saturated heterocycles. The fraction of sp³-hybridized carbons (Fsp3) is 0.500. The Morgan fingerprint density at radius 1 is 1.02 bits per heavy atom. The van der Waals surface area contributed by atoms with E-state index in [9.17, 15) is 48.6 Å². The van der Waals surface area contributed by atoms with Gasteiger partial charge in [-0.25, -0.2) is 4.98 Å². The molecule has 1 aliphatic rings. The Morgan fingerprint density at radius 3 is 2.45 bits per heavy atom. The lowest BCUT2D eigenvalue weighted by Gasteiger charge is -2.29. The summed E-state index contributed by atoms with van der Waals surface area (Å²) in [5, 5.41) is 44.4. The molecule has 348 valence electrons. The third-order valence-electron chi connectivity index (χ3n) is 10.8. The molecule has 7 amide bonds. The summed E-state index contributed by atoms with van der Waals surface area (Å²) in [6, 6.07) is -1.53. The van der Waals surface area contributed by atoms with Crippen LogP contribution in [0.3, 0.4) is 0 Å². The van der Waals surface area contributed by atoms with Gasteiger partial charge in [0, 0.05) is 48.6 Å². The molecular weight excluding hydrogens is 853 g/mol. The Balaban J connectivity index is 1.75. The first kappa shape index (κ1) is 50.4. The van der Waals surface area contributed by atoms with Gasteiger partial charge >= 0.3 is 0 Å². The maximum Gasteiger partial charge on any atom is 0.290 e. The van der Waals surface area contributed by atoms with E-state index in [1.54, 1.807) is 51.4 Å². The van der Waals surface area contributed by atoms with Gasteiger partial charge in [0.2, 0.25) is 35.8 Å². The first-order valence-electron chi connectivity index (χ1n) is 20.9. The average molecular weight is 911 g/mol. The van der Waals surface area contributed by atoms with Crippen molar-refractivity contribution < 1.29 is 53.3 Å². The standard InChI is InChI=1S/C42H58N10O11S/c1-7-21(3)34-36(57)41(62)49-30(18-63-6)42-47-25(19-64-42)9-12-33(56)50-32(13-24-15-44-28-11-10-26(54)14-27(24)28)45-16-29(38(59)46-23(5)37(58)51-34)48-40(61)35(22(4)8-2)52-39(60)31(55)17-43-20-53/h9-12,14-15,19-23,29-32,34-35,44-45,54-55H,7-8,13,16-18H2,1-6H3,(H,43,53)(H,46,59)(H,48,61)(H,49,62)(H,50,56)(H,51,58)(H,52,60). The van der Waals surface area contributed by atoms with E-state index in [4.69, 9.17) is 4.74 Å². The maximum absolute atomic E-state index is 14.2. The molecule has 2 bridgehead atoms. The van der Waals surface area contributed by atoms with E-state index >= 15 is 0 Å². The van der Waals surface area contributed by atoms with Crippen molar-refractivity contribution in [2.45, 2.75) is 96.4 Å². The van der Waals surface area contributed by atoms with Crippen LogP contribution in [0.25, 0.3) is 17.0 Å². The number of hydrogen-bond acceptors (Lipinski definition) is 14. The van der Waals surface area contributed by atoms with Gasteiger partial charge in [0.05, 0.1) is 31.1 Å². The predicted octanol–water partition coefficient (Wildman–Crippen LogP) is -0.838. The minimum absolute atomic E-state index is 0.00282. The van der Waals surface area contributed by atoms with Crippen molar-refractivity contribution in [1.29, 1.82) is 0 Å². The first-order valence-corrected chi connectivity index (χ1v) is 21.7. The number of carbonyl (C=O) groups excluding carboxylic acids is 8. The molecule has 0 fully saturated rings. The number of H-pyrrole nitrogens is 1. The van der Waals surface area contributed by atoms with Crippen molar-refractivity contribution in [1.82, 2.24) is 52.5 Å². The summed E-state index contributed by atoms with van der Waals surface area (Å²) < 4.78 is 5.31. The van der Waals surface area contributed by atoms with E-state index < -0.39 is 102 Å². The number of rotatable bonds is 15. The van der Waals surface area contributed by atoms with Gasteiger partial charge in [0.15, 0.2) is 0 Å². The Hall–Kier alpha value is -6.23. The second kappa shape index (κ2) is 24.0. The van der Waals surface area contributed by atoms with Crippen molar-refractivity contribution in [2.24, 2.45) is 11.8 Å². The Bertz CT molecular complexity index is 2180. The fourth-order valence-corrected chi connectivity index (χ4v) is 7.48. The molecule has 21 nitrogen and oxygen atoms in total. The first-order chi connectivity index (χ1) is 30.5. The molecule has 3 heterocycles. The number of hydrogen-bond donors (Lipinski definition) is 11. The number of aliphatic hydroxyl groups is 1. The summed E-state index contributed by atoms with van der Waals surface area (Å²) in [6.45, 7) is 7.38. The van der Waals surface area contributed by atoms with Gasteiger partial charge in [-0.2, -0.15) is 0 Å². The zero-order valence-corrected chi connectivity index (χ0v) is 37.3. The van der Waals surface area contributed by atoms with Crippen LogP contribution in [0, 0.1) is 11.8 Å². The molecule has 2 aromatic heterocycles. The van der Waals surface area contributed by atoms with Crippen LogP contribution < -0.4 is 42.5 Å². The average Bonchev–Trinajstić information content (AvgIpc) is 3.92. The van der Waals surface area contributed by atoms with Gasteiger partial charge in [-0.3, -0.25) is 43.7 Å². The topological polar surface area (TPSA) is 311 Å². The number of nitrogens with zero attached hydrogens (tertiary/aromatic N) is 1. The number of amides is 7. The minimum atomic E-state index is -1.70. The fourth-order valence-electron chi connectivity index (χ4n) is 6.65. The highest BCUT2D eigenvalue weighted by atomic mass is 32.1. The summed E-state index contributed by atoms with van der Waals surface area (Å²) in [7, 11) is 1.41. The molecule has 4 rings (SSSR count). The van der Waals surface area contributed by atoms with Crippen LogP contribution in [0.4, 0.5) is 0 Å². The number of aliphatic hydroxyl groups excluding tert-OH is 1. The number of fused-ring (bicyclic) bond motifs is 3. The number of ketones is 1. The molecule has 0 radical (unpaired) electrons. The van der Waals surface area contributed by atoms with E-state index in [2.05, 4.69) is 52.5 Å². The number of carbonyl (C=O) groups is 8. The second-order valence-electron chi connectivity index (χ2n) is 15.6. The molecule has 11 N–H and O–H groups in total. The quantitative estimate of drug-likeness (QED) is 0.0656. The summed E-state index contributed by atoms with van der Waals surface area (Å²) in [5.41, 5.74) is 1.72. The molecule has 1 aromatic carbocycles. The molecule has 22 heteroatoms. The highest BCUT2D eigenvalue weighted by Gasteiger charge is 2.36. The van der Waals surface area contributed by atoms with Gasteiger partial charge < -0.3 is 57.2 Å². The number of aromatic amines is 1. The number of Topliss-reactive ketones (excluding diaryl/α,β-unsaturated/α-hetero) is 1. The van der Waals surface area contributed by atoms with Gasteiger partial charge in [-0.15, -0.1) is 11.3 Å². The highest BCUT2D eigenvalue weighted by Crippen LogP contribution is 2.24. The lowest BCUT2D eigenvalue weighted by Crippen LogP contribution is -2.62. The molecule has 9 unspecified atom stereocenters. The number of benzene rings is 1. The Labute approximate surface area is 373 Å². The summed E-state index contributed by atoms with van der Waals surface area (Å²) in [6.07, 6.45) is 2.87. The summed E-state index contributed by atoms with van der Waals surface area (Å²) in [5.74, 6) is -7.10. The van der Waals surface area contributed by atoms with Crippen LogP contribution in [-0.4, -0.2) is 131 Å². The van der Waals surface area contributed by atoms with Gasteiger partial charge in [-0.05, 0) is 48.6 Å².